The monoisotopic (exact) mass is 310 g/mol. The lowest BCUT2D eigenvalue weighted by molar-refractivity contribution is -0.135. The highest BCUT2D eigenvalue weighted by atomic mass is 32.2. The molecule has 1 rings (SSSR count). The second-order valence-electron chi connectivity index (χ2n) is 4.32. The Morgan fingerprint density at radius 3 is 2.05 bits per heavy atom. The van der Waals surface area contributed by atoms with E-state index in [1.54, 1.807) is 24.3 Å². The van der Waals surface area contributed by atoms with Gasteiger partial charge in [0.25, 0.3) is 0 Å². The van der Waals surface area contributed by atoms with E-state index >= 15 is 0 Å². The van der Waals surface area contributed by atoms with Crippen LogP contribution >= 0.6 is 0 Å². The lowest BCUT2D eigenvalue weighted by Crippen LogP contribution is -2.39. The molecule has 0 fully saturated rings. The number of benzene rings is 1. The fraction of sp³-hybridized carbons (Fsp3) is 0.500. The van der Waals surface area contributed by atoms with E-state index < -0.39 is 28.5 Å². The highest BCUT2D eigenvalue weighted by Gasteiger charge is 2.35. The molecule has 20 heavy (non-hydrogen) atoms. The van der Waals surface area contributed by atoms with Gasteiger partial charge < -0.3 is 5.73 Å². The zero-order valence-corrected chi connectivity index (χ0v) is 11.8. The molecule has 8 heteroatoms. The lowest BCUT2D eigenvalue weighted by Gasteiger charge is -2.21. The molecule has 0 aliphatic rings. The Balaban J connectivity index is 2.86. The normalized spacial score (nSPS) is 12.9. The van der Waals surface area contributed by atoms with Crippen molar-refractivity contribution in [2.45, 2.75) is 25.4 Å². The Morgan fingerprint density at radius 2 is 1.65 bits per heavy atom. The zero-order chi connectivity index (χ0) is 15.4. The van der Waals surface area contributed by atoms with Crippen LogP contribution in [0.15, 0.2) is 24.3 Å². The SMILES string of the molecule is CCN(CC(F)(F)F)S(=O)(=O)Cc1ccc(CN)cc1. The molecule has 0 amide bonds. The summed E-state index contributed by atoms with van der Waals surface area (Å²) in [5.41, 5.74) is 6.68. The van der Waals surface area contributed by atoms with E-state index in [0.29, 0.717) is 16.4 Å². The van der Waals surface area contributed by atoms with Crippen LogP contribution in [0.2, 0.25) is 0 Å². The summed E-state index contributed by atoms with van der Waals surface area (Å²) in [7, 11) is -4.00. The van der Waals surface area contributed by atoms with Gasteiger partial charge in [-0.3, -0.25) is 0 Å². The van der Waals surface area contributed by atoms with Gasteiger partial charge in [-0.2, -0.15) is 17.5 Å². The molecule has 0 saturated carbocycles. The van der Waals surface area contributed by atoms with Gasteiger partial charge in [0.1, 0.15) is 6.54 Å². The summed E-state index contributed by atoms with van der Waals surface area (Å²) in [4.78, 5) is 0. The molecule has 2 N–H and O–H groups in total. The van der Waals surface area contributed by atoms with E-state index in [2.05, 4.69) is 0 Å². The largest absolute Gasteiger partial charge is 0.402 e. The Labute approximate surface area is 116 Å². The van der Waals surface area contributed by atoms with Crippen molar-refractivity contribution in [2.75, 3.05) is 13.1 Å². The lowest BCUT2D eigenvalue weighted by atomic mass is 10.1. The third-order valence-corrected chi connectivity index (χ3v) is 4.58. The molecule has 0 saturated heterocycles. The maximum Gasteiger partial charge on any atom is 0.402 e. The summed E-state index contributed by atoms with van der Waals surface area (Å²) in [6.07, 6.45) is -4.55. The van der Waals surface area contributed by atoms with Crippen molar-refractivity contribution in [2.24, 2.45) is 5.73 Å². The third-order valence-electron chi connectivity index (χ3n) is 2.71. The van der Waals surface area contributed by atoms with Crippen molar-refractivity contribution in [3.63, 3.8) is 0 Å². The van der Waals surface area contributed by atoms with Crippen molar-refractivity contribution >= 4 is 10.0 Å². The number of sulfonamides is 1. The van der Waals surface area contributed by atoms with E-state index in [4.69, 9.17) is 5.73 Å². The molecular formula is C12H17F3N2O2S. The van der Waals surface area contributed by atoms with Gasteiger partial charge in [0, 0.05) is 13.1 Å². The molecule has 1 aromatic carbocycles. The molecule has 114 valence electrons. The maximum atomic E-state index is 12.3. The first kappa shape index (κ1) is 16.9. The summed E-state index contributed by atoms with van der Waals surface area (Å²) in [6, 6.07) is 6.43. The fourth-order valence-corrected chi connectivity index (χ4v) is 3.21. The number of nitrogens with two attached hydrogens (primary N) is 1. The smallest absolute Gasteiger partial charge is 0.326 e. The first-order valence-corrected chi connectivity index (χ1v) is 7.61. The van der Waals surface area contributed by atoms with Gasteiger partial charge >= 0.3 is 6.18 Å². The molecule has 0 unspecified atom stereocenters. The Bertz CT molecular complexity index is 527. The van der Waals surface area contributed by atoms with Crippen LogP contribution in [0, 0.1) is 0 Å². The average molecular weight is 310 g/mol. The molecule has 4 nitrogen and oxygen atoms in total. The molecule has 0 atom stereocenters. The quantitative estimate of drug-likeness (QED) is 0.872. The molecule has 0 aromatic heterocycles. The van der Waals surface area contributed by atoms with Crippen LogP contribution in [0.5, 0.6) is 0 Å². The van der Waals surface area contributed by atoms with Crippen molar-refractivity contribution in [3.05, 3.63) is 35.4 Å². The second kappa shape index (κ2) is 6.55. The molecule has 0 bridgehead atoms. The van der Waals surface area contributed by atoms with Crippen molar-refractivity contribution in [1.29, 1.82) is 0 Å². The van der Waals surface area contributed by atoms with Crippen LogP contribution in [0.25, 0.3) is 0 Å². The summed E-state index contributed by atoms with van der Waals surface area (Å²) in [6.45, 7) is 0.0123. The fourth-order valence-electron chi connectivity index (χ4n) is 1.68. The zero-order valence-electron chi connectivity index (χ0n) is 11.0. The first-order chi connectivity index (χ1) is 9.18. The van der Waals surface area contributed by atoms with Crippen molar-refractivity contribution in [1.82, 2.24) is 4.31 Å². The number of halogens is 3. The molecule has 0 heterocycles. The van der Waals surface area contributed by atoms with Gasteiger partial charge in [-0.15, -0.1) is 0 Å². The highest BCUT2D eigenvalue weighted by Crippen LogP contribution is 2.20. The van der Waals surface area contributed by atoms with Crippen LogP contribution in [0.3, 0.4) is 0 Å². The van der Waals surface area contributed by atoms with E-state index in [1.807, 2.05) is 0 Å². The van der Waals surface area contributed by atoms with E-state index in [-0.39, 0.29) is 6.54 Å². The number of nitrogens with zero attached hydrogens (tertiary/aromatic N) is 1. The molecular weight excluding hydrogens is 293 g/mol. The molecule has 0 radical (unpaired) electrons. The van der Waals surface area contributed by atoms with Gasteiger partial charge in [0.05, 0.1) is 5.75 Å². The topological polar surface area (TPSA) is 63.4 Å². The number of rotatable bonds is 6. The molecule has 0 aliphatic carbocycles. The second-order valence-corrected chi connectivity index (χ2v) is 6.29. The number of alkyl halides is 3. The summed E-state index contributed by atoms with van der Waals surface area (Å²) in [5, 5.41) is 0. The van der Waals surface area contributed by atoms with Gasteiger partial charge in [-0.05, 0) is 11.1 Å². The van der Waals surface area contributed by atoms with Gasteiger partial charge in [0.2, 0.25) is 10.0 Å². The highest BCUT2D eigenvalue weighted by molar-refractivity contribution is 7.88. The first-order valence-electron chi connectivity index (χ1n) is 6.00. The molecule has 1 aromatic rings. The van der Waals surface area contributed by atoms with Crippen molar-refractivity contribution in [3.8, 4) is 0 Å². The standard InChI is InChI=1S/C12H17F3N2O2S/c1-2-17(9-12(13,14)15)20(18,19)8-11-5-3-10(7-16)4-6-11/h3-6H,2,7-9,16H2,1H3. The number of hydrogen-bond acceptors (Lipinski definition) is 3. The van der Waals surface area contributed by atoms with E-state index in [0.717, 1.165) is 5.56 Å². The summed E-state index contributed by atoms with van der Waals surface area (Å²) < 4.78 is 61.4. The predicted octanol–water partition coefficient (Wildman–Crippen LogP) is 1.86. The summed E-state index contributed by atoms with van der Waals surface area (Å²) >= 11 is 0. The Morgan fingerprint density at radius 1 is 1.15 bits per heavy atom. The minimum Gasteiger partial charge on any atom is -0.326 e. The van der Waals surface area contributed by atoms with E-state index in [1.165, 1.54) is 6.92 Å². The van der Waals surface area contributed by atoms with Crippen LogP contribution in [-0.2, 0) is 22.3 Å². The number of hydrogen-bond donors (Lipinski definition) is 1. The van der Waals surface area contributed by atoms with Gasteiger partial charge in [-0.25, -0.2) is 8.42 Å². The summed E-state index contributed by atoms with van der Waals surface area (Å²) in [5.74, 6) is -0.457. The molecule has 0 aliphatic heterocycles. The minimum absolute atomic E-state index is 0.220. The minimum atomic E-state index is -4.55. The predicted molar refractivity (Wildman–Crippen MR) is 70.3 cm³/mol. The third kappa shape index (κ3) is 5.10. The van der Waals surface area contributed by atoms with Gasteiger partial charge in [-0.1, -0.05) is 31.2 Å². The van der Waals surface area contributed by atoms with Crippen LogP contribution in [0.4, 0.5) is 13.2 Å². The van der Waals surface area contributed by atoms with Crippen LogP contribution in [0.1, 0.15) is 18.1 Å². The maximum absolute atomic E-state index is 12.3. The average Bonchev–Trinajstić information content (AvgIpc) is 2.35. The van der Waals surface area contributed by atoms with Crippen LogP contribution in [-0.4, -0.2) is 32.0 Å². The van der Waals surface area contributed by atoms with Gasteiger partial charge in [0.15, 0.2) is 0 Å². The Hall–Kier alpha value is -1.12. The van der Waals surface area contributed by atoms with E-state index in [9.17, 15) is 21.6 Å². The molecule has 0 spiro atoms. The van der Waals surface area contributed by atoms with Crippen molar-refractivity contribution < 1.29 is 21.6 Å². The van der Waals surface area contributed by atoms with Crippen LogP contribution < -0.4 is 5.73 Å². The Kier molecular flexibility index (Phi) is 5.55.